The highest BCUT2D eigenvalue weighted by molar-refractivity contribution is 5.39. The van der Waals surface area contributed by atoms with Crippen LogP contribution >= 0.6 is 0 Å². The molecule has 0 bridgehead atoms. The number of aryl methyl sites for hydroxylation is 1. The molecule has 3 rings (SSSR count). The summed E-state index contributed by atoms with van der Waals surface area (Å²) < 4.78 is 5.33. The van der Waals surface area contributed by atoms with Crippen molar-refractivity contribution in [2.24, 2.45) is 0 Å². The van der Waals surface area contributed by atoms with Crippen molar-refractivity contribution >= 4 is 0 Å². The lowest BCUT2D eigenvalue weighted by Gasteiger charge is -2.27. The van der Waals surface area contributed by atoms with Gasteiger partial charge in [-0.05, 0) is 73.2 Å². The van der Waals surface area contributed by atoms with Crippen molar-refractivity contribution in [2.75, 3.05) is 13.7 Å². The number of pyridine rings is 1. The Morgan fingerprint density at radius 1 is 1.24 bits per heavy atom. The first-order valence-electron chi connectivity index (χ1n) is 7.66. The summed E-state index contributed by atoms with van der Waals surface area (Å²) in [5.41, 5.74) is 4.21. The van der Waals surface area contributed by atoms with Crippen LogP contribution in [0, 0.1) is 0 Å². The number of hydrogen-bond acceptors (Lipinski definition) is 3. The fourth-order valence-electron chi connectivity index (χ4n) is 3.07. The number of nitrogens with zero attached hydrogens (tertiary/aromatic N) is 1. The topological polar surface area (TPSA) is 34.1 Å². The Balaban J connectivity index is 1.62. The van der Waals surface area contributed by atoms with E-state index >= 15 is 0 Å². The van der Waals surface area contributed by atoms with E-state index < -0.39 is 0 Å². The van der Waals surface area contributed by atoms with Gasteiger partial charge in [0.1, 0.15) is 5.75 Å². The van der Waals surface area contributed by atoms with E-state index in [1.165, 1.54) is 29.5 Å². The third-order valence-corrected chi connectivity index (χ3v) is 4.22. The number of hydrogen-bond donors (Lipinski definition) is 1. The van der Waals surface area contributed by atoms with Crippen LogP contribution in [0.4, 0.5) is 0 Å². The van der Waals surface area contributed by atoms with E-state index in [0.717, 1.165) is 25.1 Å². The average molecular weight is 282 g/mol. The number of nitrogens with one attached hydrogen (secondary N) is 1. The zero-order valence-electron chi connectivity index (χ0n) is 12.5. The molecule has 0 spiro atoms. The van der Waals surface area contributed by atoms with E-state index in [4.69, 9.17) is 4.74 Å². The van der Waals surface area contributed by atoms with E-state index in [1.807, 2.05) is 12.4 Å². The number of rotatable bonds is 5. The molecule has 0 aliphatic heterocycles. The van der Waals surface area contributed by atoms with Crippen molar-refractivity contribution in [3.8, 4) is 5.75 Å². The third kappa shape index (κ3) is 3.42. The minimum Gasteiger partial charge on any atom is -0.497 e. The van der Waals surface area contributed by atoms with Crippen LogP contribution in [0.25, 0.3) is 0 Å². The van der Waals surface area contributed by atoms with Crippen molar-refractivity contribution in [1.82, 2.24) is 10.3 Å². The fraction of sp³-hybridized carbons (Fsp3) is 0.389. The van der Waals surface area contributed by atoms with Gasteiger partial charge in [0.25, 0.3) is 0 Å². The predicted octanol–water partition coefficient (Wildman–Crippen LogP) is 3.30. The van der Waals surface area contributed by atoms with Gasteiger partial charge in [0.15, 0.2) is 0 Å². The van der Waals surface area contributed by atoms with Crippen LogP contribution in [0.15, 0.2) is 42.7 Å². The number of methoxy groups -OCH3 is 1. The van der Waals surface area contributed by atoms with Crippen LogP contribution in [0.2, 0.25) is 0 Å². The quantitative estimate of drug-likeness (QED) is 0.913. The van der Waals surface area contributed by atoms with Crippen molar-refractivity contribution < 1.29 is 4.74 Å². The van der Waals surface area contributed by atoms with E-state index in [0.29, 0.717) is 6.04 Å². The van der Waals surface area contributed by atoms with Gasteiger partial charge in [-0.1, -0.05) is 6.07 Å². The Hall–Kier alpha value is -1.87. The Bertz CT molecular complexity index is 583. The first-order valence-corrected chi connectivity index (χ1v) is 7.66. The van der Waals surface area contributed by atoms with Crippen molar-refractivity contribution in [2.45, 2.75) is 31.7 Å². The molecule has 21 heavy (non-hydrogen) atoms. The second-order valence-corrected chi connectivity index (χ2v) is 5.57. The predicted molar refractivity (Wildman–Crippen MR) is 84.6 cm³/mol. The molecule has 0 saturated carbocycles. The Morgan fingerprint density at radius 3 is 2.90 bits per heavy atom. The summed E-state index contributed by atoms with van der Waals surface area (Å²) in [6, 6.07) is 11.1. The average Bonchev–Trinajstić information content (AvgIpc) is 2.55. The van der Waals surface area contributed by atoms with Gasteiger partial charge >= 0.3 is 0 Å². The second kappa shape index (κ2) is 6.72. The van der Waals surface area contributed by atoms with Gasteiger partial charge in [-0.15, -0.1) is 0 Å². The zero-order chi connectivity index (χ0) is 14.5. The van der Waals surface area contributed by atoms with Gasteiger partial charge < -0.3 is 10.1 Å². The van der Waals surface area contributed by atoms with Gasteiger partial charge in [0.2, 0.25) is 0 Å². The van der Waals surface area contributed by atoms with Crippen LogP contribution in [-0.4, -0.2) is 18.6 Å². The summed E-state index contributed by atoms with van der Waals surface area (Å²) in [5.74, 6) is 0.964. The molecule has 1 N–H and O–H groups in total. The molecule has 1 unspecified atom stereocenters. The van der Waals surface area contributed by atoms with Crippen LogP contribution < -0.4 is 10.1 Å². The highest BCUT2D eigenvalue weighted by Gasteiger charge is 2.19. The van der Waals surface area contributed by atoms with Gasteiger partial charge in [0, 0.05) is 18.4 Å². The van der Waals surface area contributed by atoms with Crippen LogP contribution in [-0.2, 0) is 12.8 Å². The number of ether oxygens (including phenoxy) is 1. The summed E-state index contributed by atoms with van der Waals surface area (Å²) in [7, 11) is 1.73. The minimum absolute atomic E-state index is 0.474. The molecule has 0 saturated heterocycles. The first kappa shape index (κ1) is 14.1. The molecule has 1 heterocycles. The number of benzene rings is 1. The van der Waals surface area contributed by atoms with Gasteiger partial charge in [-0.25, -0.2) is 0 Å². The minimum atomic E-state index is 0.474. The van der Waals surface area contributed by atoms with Crippen molar-refractivity contribution in [1.29, 1.82) is 0 Å². The SMILES string of the molecule is COc1ccc2c(c1)CCCC2NCCc1ccncc1. The third-order valence-electron chi connectivity index (χ3n) is 4.22. The zero-order valence-corrected chi connectivity index (χ0v) is 12.5. The normalized spacial score (nSPS) is 17.3. The smallest absolute Gasteiger partial charge is 0.119 e. The van der Waals surface area contributed by atoms with Crippen molar-refractivity contribution in [3.63, 3.8) is 0 Å². The molecule has 0 radical (unpaired) electrons. The summed E-state index contributed by atoms with van der Waals surface area (Å²) in [6.45, 7) is 1.00. The van der Waals surface area contributed by atoms with E-state index in [9.17, 15) is 0 Å². The van der Waals surface area contributed by atoms with Crippen LogP contribution in [0.3, 0.4) is 0 Å². The first-order chi connectivity index (χ1) is 10.4. The summed E-state index contributed by atoms with van der Waals surface area (Å²) in [5, 5.41) is 3.70. The Morgan fingerprint density at radius 2 is 2.10 bits per heavy atom. The molecule has 3 heteroatoms. The molecule has 1 atom stereocenters. The molecule has 1 aliphatic carbocycles. The van der Waals surface area contributed by atoms with Crippen molar-refractivity contribution in [3.05, 3.63) is 59.4 Å². The van der Waals surface area contributed by atoms with E-state index in [2.05, 4.69) is 40.6 Å². The molecule has 0 fully saturated rings. The summed E-state index contributed by atoms with van der Waals surface area (Å²) in [6.07, 6.45) is 8.39. The Kier molecular flexibility index (Phi) is 4.51. The van der Waals surface area contributed by atoms with Crippen LogP contribution in [0.1, 0.15) is 35.6 Å². The van der Waals surface area contributed by atoms with Crippen LogP contribution in [0.5, 0.6) is 5.75 Å². The molecule has 1 aliphatic rings. The molecule has 3 nitrogen and oxygen atoms in total. The lowest BCUT2D eigenvalue weighted by Crippen LogP contribution is -2.27. The Labute approximate surface area is 126 Å². The fourth-order valence-corrected chi connectivity index (χ4v) is 3.07. The standard InChI is InChI=1S/C18H22N2O/c1-21-16-5-6-17-15(13-16)3-2-4-18(17)20-12-9-14-7-10-19-11-8-14/h5-8,10-11,13,18,20H,2-4,9,12H2,1H3. The highest BCUT2D eigenvalue weighted by Crippen LogP contribution is 2.32. The van der Waals surface area contributed by atoms with Gasteiger partial charge in [-0.3, -0.25) is 4.98 Å². The summed E-state index contributed by atoms with van der Waals surface area (Å²) in [4.78, 5) is 4.06. The summed E-state index contributed by atoms with van der Waals surface area (Å²) >= 11 is 0. The maximum absolute atomic E-state index is 5.33. The van der Waals surface area contributed by atoms with Gasteiger partial charge in [-0.2, -0.15) is 0 Å². The number of fused-ring (bicyclic) bond motifs is 1. The maximum Gasteiger partial charge on any atom is 0.119 e. The second-order valence-electron chi connectivity index (χ2n) is 5.57. The van der Waals surface area contributed by atoms with Gasteiger partial charge in [0.05, 0.1) is 7.11 Å². The largest absolute Gasteiger partial charge is 0.497 e. The van der Waals surface area contributed by atoms with E-state index in [1.54, 1.807) is 7.11 Å². The maximum atomic E-state index is 5.33. The monoisotopic (exact) mass is 282 g/mol. The highest BCUT2D eigenvalue weighted by atomic mass is 16.5. The number of aromatic nitrogens is 1. The lowest BCUT2D eigenvalue weighted by atomic mass is 9.87. The molecule has 110 valence electrons. The lowest BCUT2D eigenvalue weighted by molar-refractivity contribution is 0.411. The molecule has 1 aromatic carbocycles. The molecular formula is C18H22N2O. The molecule has 0 amide bonds. The van der Waals surface area contributed by atoms with E-state index in [-0.39, 0.29) is 0 Å². The molecular weight excluding hydrogens is 260 g/mol. The molecule has 1 aromatic heterocycles. The molecule has 2 aromatic rings.